The van der Waals surface area contributed by atoms with Gasteiger partial charge >= 0.3 is 0 Å². The molecule has 1 saturated heterocycles. The van der Waals surface area contributed by atoms with Crippen LogP contribution in [0.2, 0.25) is 5.02 Å². The molecule has 1 aromatic heterocycles. The number of aromatic nitrogens is 1. The maximum atomic E-state index is 5.95. The van der Waals surface area contributed by atoms with E-state index < -0.39 is 0 Å². The van der Waals surface area contributed by atoms with Crippen LogP contribution in [-0.2, 0) is 6.54 Å². The number of halogens is 1. The summed E-state index contributed by atoms with van der Waals surface area (Å²) >= 11 is 5.95. The average Bonchev–Trinajstić information content (AvgIpc) is 3.18. The van der Waals surface area contributed by atoms with E-state index in [0.29, 0.717) is 6.04 Å². The second-order valence-electron chi connectivity index (χ2n) is 6.27. The normalized spacial score (nSPS) is 18.6. The van der Waals surface area contributed by atoms with Crippen LogP contribution in [0.3, 0.4) is 0 Å². The highest BCUT2D eigenvalue weighted by Crippen LogP contribution is 2.22. The Labute approximate surface area is 141 Å². The highest BCUT2D eigenvalue weighted by molar-refractivity contribution is 6.30. The SMILES string of the molecule is Clc1ccc(CN2CC[C@@H](Nc3ccc4[nH]ccc4c3)C2)cc1. The first-order valence-corrected chi connectivity index (χ1v) is 8.44. The van der Waals surface area contributed by atoms with Crippen molar-refractivity contribution < 1.29 is 0 Å². The number of anilines is 1. The molecule has 1 fully saturated rings. The molecule has 2 N–H and O–H groups in total. The van der Waals surface area contributed by atoms with Gasteiger partial charge < -0.3 is 10.3 Å². The quantitative estimate of drug-likeness (QED) is 0.739. The van der Waals surface area contributed by atoms with Gasteiger partial charge in [0, 0.05) is 53.5 Å². The lowest BCUT2D eigenvalue weighted by molar-refractivity contribution is 0.328. The summed E-state index contributed by atoms with van der Waals surface area (Å²) in [6, 6.07) is 17.3. The number of nitrogens with zero attached hydrogens (tertiary/aromatic N) is 1. The summed E-state index contributed by atoms with van der Waals surface area (Å²) in [4.78, 5) is 5.73. The molecule has 1 aliphatic heterocycles. The first-order valence-electron chi connectivity index (χ1n) is 8.07. The molecule has 3 nitrogen and oxygen atoms in total. The van der Waals surface area contributed by atoms with E-state index in [0.717, 1.165) is 24.7 Å². The minimum Gasteiger partial charge on any atom is -0.381 e. The number of hydrogen-bond acceptors (Lipinski definition) is 2. The first-order chi connectivity index (χ1) is 11.3. The van der Waals surface area contributed by atoms with E-state index in [4.69, 9.17) is 11.6 Å². The highest BCUT2D eigenvalue weighted by atomic mass is 35.5. The Balaban J connectivity index is 1.37. The van der Waals surface area contributed by atoms with Crippen LogP contribution in [0.1, 0.15) is 12.0 Å². The first kappa shape index (κ1) is 14.6. The van der Waals surface area contributed by atoms with Crippen LogP contribution < -0.4 is 5.32 Å². The van der Waals surface area contributed by atoms with Crippen molar-refractivity contribution in [3.8, 4) is 0 Å². The molecule has 0 saturated carbocycles. The summed E-state index contributed by atoms with van der Waals surface area (Å²) in [7, 11) is 0. The van der Waals surface area contributed by atoms with Crippen molar-refractivity contribution in [2.75, 3.05) is 18.4 Å². The van der Waals surface area contributed by atoms with Crippen LogP contribution >= 0.6 is 11.6 Å². The number of hydrogen-bond donors (Lipinski definition) is 2. The number of fused-ring (bicyclic) bond motifs is 1. The highest BCUT2D eigenvalue weighted by Gasteiger charge is 2.22. The van der Waals surface area contributed by atoms with Gasteiger partial charge in [-0.3, -0.25) is 4.90 Å². The van der Waals surface area contributed by atoms with Gasteiger partial charge in [-0.1, -0.05) is 23.7 Å². The van der Waals surface area contributed by atoms with Crippen LogP contribution in [0, 0.1) is 0 Å². The molecular formula is C19H20ClN3. The van der Waals surface area contributed by atoms with Gasteiger partial charge in [-0.25, -0.2) is 0 Å². The van der Waals surface area contributed by atoms with E-state index in [1.165, 1.54) is 28.6 Å². The monoisotopic (exact) mass is 325 g/mol. The Morgan fingerprint density at radius 3 is 2.87 bits per heavy atom. The maximum absolute atomic E-state index is 5.95. The van der Waals surface area contributed by atoms with E-state index in [-0.39, 0.29) is 0 Å². The third-order valence-electron chi connectivity index (χ3n) is 4.52. The summed E-state index contributed by atoms with van der Waals surface area (Å²) < 4.78 is 0. The van der Waals surface area contributed by atoms with Crippen molar-refractivity contribution >= 4 is 28.2 Å². The Hall–Kier alpha value is -1.97. The number of aromatic amines is 1. The van der Waals surface area contributed by atoms with Crippen LogP contribution in [-0.4, -0.2) is 29.0 Å². The van der Waals surface area contributed by atoms with Gasteiger partial charge in [-0.05, 0) is 48.4 Å². The Morgan fingerprint density at radius 1 is 1.13 bits per heavy atom. The van der Waals surface area contributed by atoms with Crippen LogP contribution in [0.25, 0.3) is 10.9 Å². The second kappa shape index (κ2) is 6.26. The Bertz CT molecular complexity index is 794. The summed E-state index contributed by atoms with van der Waals surface area (Å²) in [6.07, 6.45) is 3.16. The fourth-order valence-corrected chi connectivity index (χ4v) is 3.45. The van der Waals surface area contributed by atoms with Gasteiger partial charge in [0.2, 0.25) is 0 Å². The molecule has 4 rings (SSSR count). The number of rotatable bonds is 4. The van der Waals surface area contributed by atoms with Gasteiger partial charge in [0.1, 0.15) is 0 Å². The molecule has 1 aliphatic rings. The van der Waals surface area contributed by atoms with Crippen molar-refractivity contribution in [2.24, 2.45) is 0 Å². The average molecular weight is 326 g/mol. The molecule has 3 aromatic rings. The molecule has 2 heterocycles. The largest absolute Gasteiger partial charge is 0.381 e. The van der Waals surface area contributed by atoms with E-state index in [2.05, 4.69) is 51.6 Å². The number of H-pyrrole nitrogens is 1. The molecule has 118 valence electrons. The standard InChI is InChI=1S/C19H20ClN3/c20-16-3-1-14(2-4-16)12-23-10-8-18(13-23)22-17-5-6-19-15(11-17)7-9-21-19/h1-7,9,11,18,21-22H,8,10,12-13H2/t18-/m1/s1. The predicted molar refractivity (Wildman–Crippen MR) is 97.1 cm³/mol. The molecule has 0 bridgehead atoms. The third kappa shape index (κ3) is 3.36. The molecule has 0 unspecified atom stereocenters. The van der Waals surface area contributed by atoms with Crippen LogP contribution in [0.4, 0.5) is 5.69 Å². The molecule has 0 amide bonds. The molecule has 0 aliphatic carbocycles. The fraction of sp³-hybridized carbons (Fsp3) is 0.263. The van der Waals surface area contributed by atoms with E-state index in [9.17, 15) is 0 Å². The zero-order chi connectivity index (χ0) is 15.6. The lowest BCUT2D eigenvalue weighted by atomic mass is 10.2. The van der Waals surface area contributed by atoms with Gasteiger partial charge in [0.05, 0.1) is 0 Å². The lowest BCUT2D eigenvalue weighted by Crippen LogP contribution is -2.25. The third-order valence-corrected chi connectivity index (χ3v) is 4.77. The van der Waals surface area contributed by atoms with Crippen molar-refractivity contribution in [2.45, 2.75) is 19.0 Å². The summed E-state index contributed by atoms with van der Waals surface area (Å²) in [5, 5.41) is 5.73. The smallest absolute Gasteiger partial charge is 0.0455 e. The second-order valence-corrected chi connectivity index (χ2v) is 6.71. The van der Waals surface area contributed by atoms with Crippen LogP contribution in [0.15, 0.2) is 54.7 Å². The predicted octanol–water partition coefficient (Wildman–Crippen LogP) is 4.51. The molecule has 0 spiro atoms. The zero-order valence-electron chi connectivity index (χ0n) is 12.9. The van der Waals surface area contributed by atoms with Gasteiger partial charge in [0.25, 0.3) is 0 Å². The van der Waals surface area contributed by atoms with Crippen LogP contribution in [0.5, 0.6) is 0 Å². The van der Waals surface area contributed by atoms with Crippen molar-refractivity contribution in [1.82, 2.24) is 9.88 Å². The lowest BCUT2D eigenvalue weighted by Gasteiger charge is -2.17. The molecule has 0 radical (unpaired) electrons. The molecule has 1 atom stereocenters. The number of nitrogens with one attached hydrogen (secondary N) is 2. The van der Waals surface area contributed by atoms with Gasteiger partial charge in [-0.2, -0.15) is 0 Å². The van der Waals surface area contributed by atoms with Crippen molar-refractivity contribution in [3.63, 3.8) is 0 Å². The van der Waals surface area contributed by atoms with E-state index in [1.807, 2.05) is 18.3 Å². The maximum Gasteiger partial charge on any atom is 0.0455 e. The number of benzene rings is 2. The zero-order valence-corrected chi connectivity index (χ0v) is 13.7. The fourth-order valence-electron chi connectivity index (χ4n) is 3.32. The minimum atomic E-state index is 0.513. The van der Waals surface area contributed by atoms with E-state index in [1.54, 1.807) is 0 Å². The minimum absolute atomic E-state index is 0.513. The molecule has 2 aromatic carbocycles. The number of likely N-dealkylation sites (tertiary alicyclic amines) is 1. The molecule has 4 heteroatoms. The Morgan fingerprint density at radius 2 is 2.00 bits per heavy atom. The molecular weight excluding hydrogens is 306 g/mol. The topological polar surface area (TPSA) is 31.1 Å². The summed E-state index contributed by atoms with van der Waals surface area (Å²) in [5.41, 5.74) is 3.71. The summed E-state index contributed by atoms with van der Waals surface area (Å²) in [5.74, 6) is 0. The van der Waals surface area contributed by atoms with Crippen molar-refractivity contribution in [1.29, 1.82) is 0 Å². The van der Waals surface area contributed by atoms with E-state index >= 15 is 0 Å². The molecule has 23 heavy (non-hydrogen) atoms. The van der Waals surface area contributed by atoms with Crippen molar-refractivity contribution in [3.05, 3.63) is 65.3 Å². The van der Waals surface area contributed by atoms with Gasteiger partial charge in [-0.15, -0.1) is 0 Å². The Kier molecular flexibility index (Phi) is 3.98. The summed E-state index contributed by atoms with van der Waals surface area (Å²) in [6.45, 7) is 3.20. The van der Waals surface area contributed by atoms with Gasteiger partial charge in [0.15, 0.2) is 0 Å².